The third-order valence-corrected chi connectivity index (χ3v) is 3.60. The van der Waals surface area contributed by atoms with Crippen molar-refractivity contribution in [2.75, 3.05) is 11.4 Å². The first-order chi connectivity index (χ1) is 8.82. The van der Waals surface area contributed by atoms with E-state index in [1.165, 1.54) is 6.92 Å². The summed E-state index contributed by atoms with van der Waals surface area (Å²) in [5.41, 5.74) is 3.90. The van der Waals surface area contributed by atoms with E-state index in [0.29, 0.717) is 12.3 Å². The van der Waals surface area contributed by atoms with Crippen LogP contribution in [-0.4, -0.2) is 18.4 Å². The zero-order chi connectivity index (χ0) is 14.3. The minimum Gasteiger partial charge on any atom is -0.426 e. The highest BCUT2D eigenvalue weighted by atomic mass is 16.5. The molecule has 4 heteroatoms. The molecule has 0 aromatic heterocycles. The number of rotatable bonds is 1. The Bertz CT molecular complexity index is 563. The summed E-state index contributed by atoms with van der Waals surface area (Å²) in [6.07, 6.45) is 0. The first-order valence-corrected chi connectivity index (χ1v) is 6.43. The number of hydrogen-bond acceptors (Lipinski definition) is 3. The van der Waals surface area contributed by atoms with Gasteiger partial charge in [-0.2, -0.15) is 0 Å². The Labute approximate surface area is 113 Å². The molecular formula is C15H19NO3. The number of aryl methyl sites for hydroxylation is 1. The number of carbonyl (C=O) groups is 2. The van der Waals surface area contributed by atoms with Gasteiger partial charge in [0.05, 0.1) is 0 Å². The summed E-state index contributed by atoms with van der Waals surface area (Å²) in [7, 11) is 0. The van der Waals surface area contributed by atoms with E-state index in [1.54, 1.807) is 11.8 Å². The van der Waals surface area contributed by atoms with Crippen molar-refractivity contribution in [3.05, 3.63) is 22.8 Å². The number of benzene rings is 1. The lowest BCUT2D eigenvalue weighted by Gasteiger charge is -2.18. The van der Waals surface area contributed by atoms with Crippen molar-refractivity contribution in [2.24, 2.45) is 0 Å². The lowest BCUT2D eigenvalue weighted by Crippen LogP contribution is -2.26. The number of fused-ring (bicyclic) bond motifs is 1. The van der Waals surface area contributed by atoms with E-state index in [2.05, 4.69) is 6.92 Å². The number of ether oxygens (including phenoxy) is 1. The number of amides is 1. The molecule has 0 spiro atoms. The molecule has 1 heterocycles. The van der Waals surface area contributed by atoms with E-state index in [9.17, 15) is 9.59 Å². The molecule has 1 atom stereocenters. The zero-order valence-electron chi connectivity index (χ0n) is 12.0. The molecule has 0 radical (unpaired) electrons. The highest BCUT2D eigenvalue weighted by Crippen LogP contribution is 2.43. The summed E-state index contributed by atoms with van der Waals surface area (Å²) in [4.78, 5) is 24.7. The second-order valence-corrected chi connectivity index (χ2v) is 5.20. The van der Waals surface area contributed by atoms with Gasteiger partial charge < -0.3 is 9.64 Å². The van der Waals surface area contributed by atoms with Gasteiger partial charge >= 0.3 is 5.97 Å². The average Bonchev–Trinajstić information content (AvgIpc) is 2.61. The summed E-state index contributed by atoms with van der Waals surface area (Å²) in [5, 5.41) is 0. The molecule has 0 fully saturated rings. The molecule has 0 unspecified atom stereocenters. The Balaban J connectivity index is 2.60. The van der Waals surface area contributed by atoms with Crippen molar-refractivity contribution in [3.63, 3.8) is 0 Å². The number of hydrogen-bond donors (Lipinski definition) is 0. The van der Waals surface area contributed by atoms with Gasteiger partial charge in [0.25, 0.3) is 0 Å². The number of anilines is 1. The Morgan fingerprint density at radius 2 is 1.95 bits per heavy atom. The van der Waals surface area contributed by atoms with Crippen LogP contribution in [0, 0.1) is 13.8 Å². The topological polar surface area (TPSA) is 46.6 Å². The molecule has 0 saturated carbocycles. The molecule has 1 aliphatic rings. The third-order valence-electron chi connectivity index (χ3n) is 3.60. The summed E-state index contributed by atoms with van der Waals surface area (Å²) in [6.45, 7) is 9.59. The van der Waals surface area contributed by atoms with Crippen molar-refractivity contribution in [3.8, 4) is 5.75 Å². The largest absolute Gasteiger partial charge is 0.426 e. The summed E-state index contributed by atoms with van der Waals surface area (Å²) < 4.78 is 5.30. The van der Waals surface area contributed by atoms with Gasteiger partial charge in [0, 0.05) is 32.0 Å². The third kappa shape index (κ3) is 2.23. The monoisotopic (exact) mass is 261 g/mol. The maximum Gasteiger partial charge on any atom is 0.308 e. The number of nitrogens with zero attached hydrogens (tertiary/aromatic N) is 1. The molecule has 4 nitrogen and oxygen atoms in total. The van der Waals surface area contributed by atoms with Crippen LogP contribution >= 0.6 is 0 Å². The van der Waals surface area contributed by atoms with Crippen LogP contribution < -0.4 is 9.64 Å². The molecule has 0 bridgehead atoms. The maximum absolute atomic E-state index is 11.7. The normalized spacial score (nSPS) is 17.3. The van der Waals surface area contributed by atoms with Crippen LogP contribution in [0.1, 0.15) is 43.4 Å². The van der Waals surface area contributed by atoms with Crippen molar-refractivity contribution < 1.29 is 14.3 Å². The quantitative estimate of drug-likeness (QED) is 0.577. The standard InChI is InChI=1S/C15H19NO3/c1-8-6-13-14(9(2)7-16(13)11(4)17)10(3)15(8)19-12(5)18/h6,9H,7H2,1-5H3/t9-/m0/s1. The molecule has 0 N–H and O–H groups in total. The van der Waals surface area contributed by atoms with Crippen LogP contribution in [0.25, 0.3) is 0 Å². The van der Waals surface area contributed by atoms with Gasteiger partial charge in [-0.3, -0.25) is 9.59 Å². The van der Waals surface area contributed by atoms with E-state index < -0.39 is 0 Å². The highest BCUT2D eigenvalue weighted by molar-refractivity contribution is 5.95. The molecule has 1 aromatic carbocycles. The minimum atomic E-state index is -0.319. The van der Waals surface area contributed by atoms with E-state index >= 15 is 0 Å². The average molecular weight is 261 g/mol. The smallest absolute Gasteiger partial charge is 0.308 e. The van der Waals surface area contributed by atoms with Gasteiger partial charge in [-0.1, -0.05) is 6.92 Å². The highest BCUT2D eigenvalue weighted by Gasteiger charge is 2.31. The summed E-state index contributed by atoms with van der Waals surface area (Å²) >= 11 is 0. The fourth-order valence-corrected chi connectivity index (χ4v) is 2.87. The van der Waals surface area contributed by atoms with Gasteiger partial charge in [0.15, 0.2) is 0 Å². The van der Waals surface area contributed by atoms with Gasteiger partial charge in [-0.15, -0.1) is 0 Å². The molecule has 102 valence electrons. The Morgan fingerprint density at radius 1 is 1.32 bits per heavy atom. The first kappa shape index (κ1) is 13.6. The number of esters is 1. The molecular weight excluding hydrogens is 242 g/mol. The zero-order valence-corrected chi connectivity index (χ0v) is 12.0. The van der Waals surface area contributed by atoms with E-state index in [1.807, 2.05) is 19.9 Å². The van der Waals surface area contributed by atoms with Crippen LogP contribution in [0.5, 0.6) is 5.75 Å². The second-order valence-electron chi connectivity index (χ2n) is 5.20. The summed E-state index contributed by atoms with van der Waals surface area (Å²) in [6, 6.07) is 1.94. The predicted molar refractivity (Wildman–Crippen MR) is 73.7 cm³/mol. The summed E-state index contributed by atoms with van der Waals surface area (Å²) in [5.74, 6) is 0.613. The van der Waals surface area contributed by atoms with Crippen molar-refractivity contribution in [1.82, 2.24) is 0 Å². The van der Waals surface area contributed by atoms with Gasteiger partial charge in [-0.05, 0) is 36.6 Å². The first-order valence-electron chi connectivity index (χ1n) is 6.43. The minimum absolute atomic E-state index is 0.0460. The maximum atomic E-state index is 11.7. The molecule has 1 aromatic rings. The molecule has 0 aliphatic carbocycles. The molecule has 1 aliphatic heterocycles. The van der Waals surface area contributed by atoms with Crippen LogP contribution in [0.3, 0.4) is 0 Å². The SMILES string of the molecule is CC(=O)Oc1c(C)cc2c(c1C)[C@@H](C)CN2C(C)=O. The fraction of sp³-hybridized carbons (Fsp3) is 0.467. The van der Waals surface area contributed by atoms with Crippen LogP contribution in [0.15, 0.2) is 6.07 Å². The predicted octanol–water partition coefficient (Wildman–Crippen LogP) is 2.70. The van der Waals surface area contributed by atoms with Crippen LogP contribution in [0.4, 0.5) is 5.69 Å². The van der Waals surface area contributed by atoms with Crippen LogP contribution in [-0.2, 0) is 9.59 Å². The molecule has 19 heavy (non-hydrogen) atoms. The molecule has 2 rings (SSSR count). The van der Waals surface area contributed by atoms with Crippen molar-refractivity contribution >= 4 is 17.6 Å². The molecule has 0 saturated heterocycles. The van der Waals surface area contributed by atoms with E-state index in [4.69, 9.17) is 4.74 Å². The van der Waals surface area contributed by atoms with Crippen molar-refractivity contribution in [2.45, 2.75) is 40.5 Å². The number of carbonyl (C=O) groups excluding carboxylic acids is 2. The fourth-order valence-electron chi connectivity index (χ4n) is 2.87. The van der Waals surface area contributed by atoms with E-state index in [-0.39, 0.29) is 17.8 Å². The lowest BCUT2D eigenvalue weighted by molar-refractivity contribution is -0.132. The van der Waals surface area contributed by atoms with Gasteiger partial charge in [0.2, 0.25) is 5.91 Å². The Morgan fingerprint density at radius 3 is 2.47 bits per heavy atom. The van der Waals surface area contributed by atoms with Crippen LogP contribution in [0.2, 0.25) is 0 Å². The van der Waals surface area contributed by atoms with Gasteiger partial charge in [0.1, 0.15) is 5.75 Å². The van der Waals surface area contributed by atoms with Crippen molar-refractivity contribution in [1.29, 1.82) is 0 Å². The van der Waals surface area contributed by atoms with Gasteiger partial charge in [-0.25, -0.2) is 0 Å². The lowest BCUT2D eigenvalue weighted by atomic mass is 9.95. The van der Waals surface area contributed by atoms with E-state index in [0.717, 1.165) is 22.4 Å². The Hall–Kier alpha value is -1.84. The Kier molecular flexibility index (Phi) is 3.35. The second kappa shape index (κ2) is 4.68. The molecule has 1 amide bonds.